The van der Waals surface area contributed by atoms with Crippen LogP contribution in [0, 0.1) is 0 Å². The molecule has 9 nitrogen and oxygen atoms in total. The number of benzene rings is 4. The van der Waals surface area contributed by atoms with Crippen LogP contribution in [0.25, 0.3) is 27.7 Å². The van der Waals surface area contributed by atoms with Gasteiger partial charge in [0.1, 0.15) is 17.2 Å². The monoisotopic (exact) mass is 563 g/mol. The van der Waals surface area contributed by atoms with Crippen LogP contribution >= 0.6 is 0 Å². The number of para-hydroxylation sites is 1. The van der Waals surface area contributed by atoms with E-state index in [9.17, 15) is 28.2 Å². The Labute approximate surface area is 230 Å². The van der Waals surface area contributed by atoms with Gasteiger partial charge in [-0.1, -0.05) is 24.3 Å². The Morgan fingerprint density at radius 1 is 0.878 bits per heavy atom. The number of aromatic hydroxyl groups is 2. The van der Waals surface area contributed by atoms with Crippen molar-refractivity contribution in [3.05, 3.63) is 90.5 Å². The molecule has 0 amide bonds. The van der Waals surface area contributed by atoms with E-state index in [1.807, 2.05) is 0 Å². The number of alkyl halides is 3. The topological polar surface area (TPSA) is 126 Å². The summed E-state index contributed by atoms with van der Waals surface area (Å²) in [6.07, 6.45) is -6.12. The van der Waals surface area contributed by atoms with E-state index in [1.165, 1.54) is 35.9 Å². The molecule has 41 heavy (non-hydrogen) atoms. The molecule has 1 aromatic heterocycles. The largest absolute Gasteiger partial charge is 0.511 e. The molecule has 0 atom stereocenters. The predicted octanol–water partition coefficient (Wildman–Crippen LogP) is 8.21. The van der Waals surface area contributed by atoms with Crippen LogP contribution < -0.4 is 9.47 Å². The Bertz CT molecular complexity index is 1800. The van der Waals surface area contributed by atoms with Gasteiger partial charge in [-0.3, -0.25) is 4.57 Å². The van der Waals surface area contributed by atoms with E-state index >= 15 is 0 Å². The predicted molar refractivity (Wildman–Crippen MR) is 143 cm³/mol. The van der Waals surface area contributed by atoms with Gasteiger partial charge in [0.15, 0.2) is 11.4 Å². The number of ether oxygens (including phenoxy) is 2. The van der Waals surface area contributed by atoms with Gasteiger partial charge in [-0.2, -0.15) is 13.2 Å². The Hall–Kier alpha value is -5.52. The summed E-state index contributed by atoms with van der Waals surface area (Å²) in [6.45, 7) is 0. The first-order valence-corrected chi connectivity index (χ1v) is 11.9. The second-order valence-corrected chi connectivity index (χ2v) is 8.70. The Balaban J connectivity index is 1.61. The van der Waals surface area contributed by atoms with E-state index in [0.29, 0.717) is 17.0 Å². The van der Waals surface area contributed by atoms with Crippen molar-refractivity contribution >= 4 is 28.4 Å². The number of halogens is 3. The molecule has 0 fully saturated rings. The molecule has 0 saturated carbocycles. The summed E-state index contributed by atoms with van der Waals surface area (Å²) < 4.78 is 51.6. The standard InChI is InChI=1S/C29H20F3N3O6/c1-40-19-11-9-18(10-12-19)35-24-15-17(29(30,31)32)8-13-22(24)25(27(35)37)34-33-23-7-3-6-21(26(23)36)16-4-2-5-20(14-16)41-28(38)39/h2-15,36-37H,1H3,(H,38,39). The Morgan fingerprint density at radius 2 is 1.61 bits per heavy atom. The summed E-state index contributed by atoms with van der Waals surface area (Å²) >= 11 is 0. The van der Waals surface area contributed by atoms with E-state index in [0.717, 1.165) is 12.1 Å². The average Bonchev–Trinajstić information content (AvgIpc) is 3.22. The maximum atomic E-state index is 13.5. The lowest BCUT2D eigenvalue weighted by Crippen LogP contribution is -2.05. The van der Waals surface area contributed by atoms with Crippen LogP contribution in [0.1, 0.15) is 5.56 Å². The Morgan fingerprint density at radius 3 is 2.29 bits per heavy atom. The van der Waals surface area contributed by atoms with Crippen molar-refractivity contribution in [2.24, 2.45) is 10.2 Å². The van der Waals surface area contributed by atoms with Gasteiger partial charge in [0.2, 0.25) is 5.88 Å². The van der Waals surface area contributed by atoms with Crippen LogP contribution in [0.15, 0.2) is 95.2 Å². The lowest BCUT2D eigenvalue weighted by atomic mass is 10.0. The van der Waals surface area contributed by atoms with Gasteiger partial charge >= 0.3 is 12.3 Å². The number of fused-ring (bicyclic) bond motifs is 1. The van der Waals surface area contributed by atoms with E-state index < -0.39 is 23.8 Å². The summed E-state index contributed by atoms with van der Waals surface area (Å²) in [5, 5.41) is 39.3. The lowest BCUT2D eigenvalue weighted by molar-refractivity contribution is -0.137. The van der Waals surface area contributed by atoms with Crippen molar-refractivity contribution in [2.45, 2.75) is 6.18 Å². The number of phenolic OH excluding ortho intramolecular Hbond substituents is 1. The van der Waals surface area contributed by atoms with E-state index in [4.69, 9.17) is 9.84 Å². The molecule has 1 heterocycles. The zero-order valence-electron chi connectivity index (χ0n) is 21.1. The van der Waals surface area contributed by atoms with E-state index in [2.05, 4.69) is 15.0 Å². The first kappa shape index (κ1) is 27.1. The molecule has 0 unspecified atom stereocenters. The first-order chi connectivity index (χ1) is 19.6. The molecule has 0 aliphatic carbocycles. The maximum Gasteiger partial charge on any atom is 0.511 e. The molecule has 0 aliphatic heterocycles. The van der Waals surface area contributed by atoms with Crippen molar-refractivity contribution in [2.75, 3.05) is 7.11 Å². The number of phenols is 1. The van der Waals surface area contributed by atoms with Gasteiger partial charge in [-0.25, -0.2) is 4.79 Å². The molecule has 4 aromatic carbocycles. The molecule has 0 radical (unpaired) electrons. The van der Waals surface area contributed by atoms with Gasteiger partial charge in [-0.05, 0) is 66.2 Å². The number of methoxy groups -OCH3 is 1. The fraction of sp³-hybridized carbons (Fsp3) is 0.0690. The van der Waals surface area contributed by atoms with Gasteiger partial charge in [-0.15, -0.1) is 10.2 Å². The van der Waals surface area contributed by atoms with Crippen molar-refractivity contribution in [1.82, 2.24) is 4.57 Å². The lowest BCUT2D eigenvalue weighted by Gasteiger charge is -2.10. The number of hydrogen-bond acceptors (Lipinski definition) is 7. The summed E-state index contributed by atoms with van der Waals surface area (Å²) in [4.78, 5) is 10.9. The van der Waals surface area contributed by atoms with Crippen molar-refractivity contribution in [1.29, 1.82) is 0 Å². The molecule has 0 bridgehead atoms. The second kappa shape index (κ2) is 10.6. The van der Waals surface area contributed by atoms with Crippen LogP contribution in [0.2, 0.25) is 0 Å². The van der Waals surface area contributed by atoms with Crippen molar-refractivity contribution < 1.29 is 42.8 Å². The van der Waals surface area contributed by atoms with Gasteiger partial charge in [0.25, 0.3) is 0 Å². The van der Waals surface area contributed by atoms with Crippen LogP contribution in [-0.2, 0) is 6.18 Å². The average molecular weight is 563 g/mol. The number of nitrogens with zero attached hydrogens (tertiary/aromatic N) is 3. The molecule has 0 aliphatic rings. The van der Waals surface area contributed by atoms with Crippen molar-refractivity contribution in [3.63, 3.8) is 0 Å². The number of carbonyl (C=O) groups is 1. The minimum absolute atomic E-state index is 0.0104. The normalized spacial score (nSPS) is 11.7. The highest BCUT2D eigenvalue weighted by molar-refractivity contribution is 5.97. The van der Waals surface area contributed by atoms with Crippen LogP contribution in [-0.4, -0.2) is 33.2 Å². The van der Waals surface area contributed by atoms with Crippen LogP contribution in [0.5, 0.6) is 23.1 Å². The number of aromatic nitrogens is 1. The minimum Gasteiger partial charge on any atom is -0.505 e. The number of carboxylic acid groups (broad SMARTS) is 1. The highest BCUT2D eigenvalue weighted by Gasteiger charge is 2.32. The first-order valence-electron chi connectivity index (χ1n) is 11.9. The molecule has 0 spiro atoms. The third-order valence-electron chi connectivity index (χ3n) is 6.20. The summed E-state index contributed by atoms with van der Waals surface area (Å²) in [5.74, 6) is -0.226. The van der Waals surface area contributed by atoms with Crippen molar-refractivity contribution in [3.8, 4) is 39.9 Å². The quantitative estimate of drug-likeness (QED) is 0.109. The molecule has 0 saturated heterocycles. The van der Waals surface area contributed by atoms with E-state index in [1.54, 1.807) is 48.5 Å². The third kappa shape index (κ3) is 5.35. The highest BCUT2D eigenvalue weighted by Crippen LogP contribution is 2.45. The third-order valence-corrected chi connectivity index (χ3v) is 6.20. The van der Waals surface area contributed by atoms with Crippen LogP contribution in [0.3, 0.4) is 0 Å². The minimum atomic E-state index is -4.63. The zero-order chi connectivity index (χ0) is 29.3. The molecular weight excluding hydrogens is 543 g/mol. The summed E-state index contributed by atoms with van der Waals surface area (Å²) in [5.41, 5.74) is 0.0519. The van der Waals surface area contributed by atoms with Crippen LogP contribution in [0.4, 0.5) is 29.3 Å². The highest BCUT2D eigenvalue weighted by atomic mass is 19.4. The number of azo groups is 1. The fourth-order valence-electron chi connectivity index (χ4n) is 4.30. The molecule has 5 rings (SSSR count). The maximum absolute atomic E-state index is 13.5. The summed E-state index contributed by atoms with van der Waals surface area (Å²) in [6, 6.07) is 19.9. The Kier molecular flexibility index (Phi) is 6.97. The summed E-state index contributed by atoms with van der Waals surface area (Å²) in [7, 11) is 1.47. The van der Waals surface area contributed by atoms with Gasteiger partial charge in [0.05, 0.1) is 18.2 Å². The van der Waals surface area contributed by atoms with Gasteiger partial charge in [0, 0.05) is 16.6 Å². The zero-order valence-corrected chi connectivity index (χ0v) is 21.1. The number of rotatable bonds is 6. The molecule has 3 N–H and O–H groups in total. The van der Waals surface area contributed by atoms with E-state index in [-0.39, 0.29) is 39.3 Å². The SMILES string of the molecule is COc1ccc(-n2c(O)c(N=Nc3cccc(-c4cccc(OC(=O)O)c4)c3O)c3ccc(C(F)(F)F)cc32)cc1. The molecule has 12 heteroatoms. The smallest absolute Gasteiger partial charge is 0.505 e. The molecule has 5 aromatic rings. The molecule has 208 valence electrons. The second-order valence-electron chi connectivity index (χ2n) is 8.70. The van der Waals surface area contributed by atoms with Gasteiger partial charge < -0.3 is 24.8 Å². The number of hydrogen-bond donors (Lipinski definition) is 3. The fourth-order valence-corrected chi connectivity index (χ4v) is 4.30. The molecular formula is C29H20F3N3O6.